The van der Waals surface area contributed by atoms with Crippen LogP contribution in [0.4, 0.5) is 10.2 Å². The second-order valence-electron chi connectivity index (χ2n) is 10.4. The smallest absolute Gasteiger partial charge is 0.318 e. The number of anilines is 1. The molecule has 2 aliphatic rings. The molecule has 4 aromatic rings. The molecule has 0 unspecified atom stereocenters. The normalized spacial score (nSPS) is 18.9. The van der Waals surface area contributed by atoms with Crippen molar-refractivity contribution in [1.29, 1.82) is 0 Å². The first-order valence-corrected chi connectivity index (χ1v) is 13.9. The van der Waals surface area contributed by atoms with Gasteiger partial charge in [0.15, 0.2) is 0 Å². The van der Waals surface area contributed by atoms with Crippen molar-refractivity contribution in [3.8, 4) is 6.01 Å². The fraction of sp³-hybridized carbons (Fsp3) is 0.379. The van der Waals surface area contributed by atoms with Gasteiger partial charge in [0.25, 0.3) is 0 Å². The van der Waals surface area contributed by atoms with Gasteiger partial charge in [-0.25, -0.2) is 14.4 Å². The number of hydrogen-bond acceptors (Lipinski definition) is 9. The van der Waals surface area contributed by atoms with Gasteiger partial charge in [-0.15, -0.1) is 0 Å². The summed E-state index contributed by atoms with van der Waals surface area (Å²) in [6.45, 7) is 6.35. The van der Waals surface area contributed by atoms with Gasteiger partial charge in [-0.2, -0.15) is 4.98 Å². The number of fused-ring (bicyclic) bond motifs is 1. The van der Waals surface area contributed by atoms with E-state index < -0.39 is 11.8 Å². The number of quaternary nitrogens is 1. The quantitative estimate of drug-likeness (QED) is 0.306. The minimum Gasteiger partial charge on any atom is -0.545 e. The molecule has 11 nitrogen and oxygen atoms in total. The Morgan fingerprint density at radius 3 is 2.74 bits per heavy atom. The zero-order valence-electron chi connectivity index (χ0n) is 23.5. The molecule has 0 bridgehead atoms. The number of halogens is 2. The maximum Gasteiger partial charge on any atom is 0.318 e. The van der Waals surface area contributed by atoms with E-state index in [1.165, 1.54) is 12.1 Å². The van der Waals surface area contributed by atoms with E-state index in [0.717, 1.165) is 55.3 Å². The third-order valence-electron chi connectivity index (χ3n) is 7.67. The van der Waals surface area contributed by atoms with E-state index in [2.05, 4.69) is 31.3 Å². The summed E-state index contributed by atoms with van der Waals surface area (Å²) in [7, 11) is 0. The second kappa shape index (κ2) is 12.6. The number of carboxylic acids is 1. The van der Waals surface area contributed by atoms with E-state index >= 15 is 0 Å². The number of nitrogens with zero attached hydrogens (tertiary/aromatic N) is 6. The molecule has 0 radical (unpaired) electrons. The molecular formula is C29H33ClFN7O4. The molecule has 2 aliphatic heterocycles. The molecule has 0 aliphatic carbocycles. The number of piperazine rings is 1. The zero-order valence-corrected chi connectivity index (χ0v) is 24.3. The van der Waals surface area contributed by atoms with E-state index in [1.807, 2.05) is 6.07 Å². The van der Waals surface area contributed by atoms with Crippen LogP contribution >= 0.6 is 11.6 Å². The summed E-state index contributed by atoms with van der Waals surface area (Å²) in [5, 5.41) is 11.8. The van der Waals surface area contributed by atoms with E-state index in [4.69, 9.17) is 26.1 Å². The second-order valence-corrected chi connectivity index (χ2v) is 10.8. The number of rotatable bonds is 9. The number of carbonyl (C=O) groups excluding carboxylic acids is 1. The Hall–Kier alpha value is -3.84. The lowest BCUT2D eigenvalue weighted by Crippen LogP contribution is -2.52. The van der Waals surface area contributed by atoms with Crippen molar-refractivity contribution in [3.63, 3.8) is 0 Å². The maximum atomic E-state index is 14.1. The van der Waals surface area contributed by atoms with Gasteiger partial charge < -0.3 is 35.0 Å². The Kier molecular flexibility index (Phi) is 8.88. The monoisotopic (exact) mass is 597 g/mol. The average molecular weight is 598 g/mol. The number of benzene rings is 2. The largest absolute Gasteiger partial charge is 0.545 e. The van der Waals surface area contributed by atoms with Crippen molar-refractivity contribution in [2.24, 2.45) is 0 Å². The van der Waals surface area contributed by atoms with Crippen LogP contribution in [0.3, 0.4) is 0 Å². The highest BCUT2D eigenvalue weighted by molar-refractivity contribution is 6.30. The van der Waals surface area contributed by atoms with Crippen LogP contribution in [-0.2, 0) is 24.4 Å². The van der Waals surface area contributed by atoms with Gasteiger partial charge in [0.2, 0.25) is 0 Å². The molecule has 0 spiro atoms. The minimum atomic E-state index is -1.21. The molecule has 2 saturated heterocycles. The molecule has 222 valence electrons. The van der Waals surface area contributed by atoms with Gasteiger partial charge in [-0.05, 0) is 49.2 Å². The topological polar surface area (TPSA) is 145 Å². The Bertz CT molecular complexity index is 1580. The molecule has 2 aromatic carbocycles. The summed E-state index contributed by atoms with van der Waals surface area (Å²) in [4.78, 5) is 29.6. The molecule has 6 rings (SSSR count). The number of hydrogen-bond donors (Lipinski definition) is 1. The number of aromatic nitrogens is 4. The van der Waals surface area contributed by atoms with Crippen LogP contribution < -0.4 is 20.9 Å². The number of ether oxygens (including phenoxy) is 2. The summed E-state index contributed by atoms with van der Waals surface area (Å²) in [5.41, 5.74) is 2.03. The van der Waals surface area contributed by atoms with Crippen molar-refractivity contribution in [2.45, 2.75) is 45.2 Å². The molecule has 2 fully saturated rings. The number of carboxylic acid groups (broad SMARTS) is 1. The zero-order chi connectivity index (χ0) is 28.5. The first-order valence-electron chi connectivity index (χ1n) is 13.5. The van der Waals surface area contributed by atoms with Crippen molar-refractivity contribution < 1.29 is 23.8 Å². The summed E-state index contributed by atoms with van der Waals surface area (Å²) in [6, 6.07) is 11.5. The molecule has 2 atom stereocenters. The summed E-state index contributed by atoms with van der Waals surface area (Å²) in [5.74, 6) is -0.0337. The van der Waals surface area contributed by atoms with Crippen LogP contribution in [0.2, 0.25) is 5.02 Å². The lowest BCUT2D eigenvalue weighted by atomic mass is 10.1. The number of carbonyl (C=O) groups is 1. The fourth-order valence-corrected chi connectivity index (χ4v) is 5.39. The van der Waals surface area contributed by atoms with Crippen molar-refractivity contribution >= 4 is 34.4 Å². The highest BCUT2D eigenvalue weighted by Crippen LogP contribution is 2.25. The molecule has 4 heterocycles. The van der Waals surface area contributed by atoms with Crippen molar-refractivity contribution in [2.75, 3.05) is 31.1 Å². The molecule has 2 aromatic heterocycles. The van der Waals surface area contributed by atoms with Gasteiger partial charge in [0, 0.05) is 49.1 Å². The molecule has 0 saturated carbocycles. The van der Waals surface area contributed by atoms with E-state index in [9.17, 15) is 14.3 Å². The Labute approximate surface area is 247 Å². The van der Waals surface area contributed by atoms with Gasteiger partial charge in [-0.1, -0.05) is 23.7 Å². The van der Waals surface area contributed by atoms with Crippen LogP contribution in [0.5, 0.6) is 6.01 Å². The molecule has 13 heteroatoms. The van der Waals surface area contributed by atoms with Gasteiger partial charge >= 0.3 is 6.01 Å². The maximum absolute atomic E-state index is 14.1. The first kappa shape index (κ1) is 29.6. The number of aromatic carboxylic acids is 1. The standard InChI is InChI=1S/C29H30ClFN6O4.H3N/c1-18-14-36(26-6-8-32-29(34-26)41-17-20-2-4-21(30)13-23(20)31)10-9-35(18)16-27-33-24-5-3-19(28(38)39)12-25(24)37(27)15-22-7-11-40-22;/h2-6,8,12-13,18,22H,7,9-11,14-17H2,1H3,(H,38,39);1H3/t18-,22+;/m1./s1. The van der Waals surface area contributed by atoms with Crippen molar-refractivity contribution in [1.82, 2.24) is 30.6 Å². The highest BCUT2D eigenvalue weighted by atomic mass is 35.5. The fourth-order valence-electron chi connectivity index (χ4n) is 5.23. The average Bonchev–Trinajstić information content (AvgIpc) is 3.27. The third-order valence-corrected chi connectivity index (χ3v) is 7.90. The van der Waals surface area contributed by atoms with E-state index in [0.29, 0.717) is 23.7 Å². The Morgan fingerprint density at radius 2 is 2.02 bits per heavy atom. The van der Waals surface area contributed by atoms with Crippen LogP contribution in [-0.4, -0.2) is 68.8 Å². The number of imidazole rings is 1. The minimum absolute atomic E-state index is 0. The lowest BCUT2D eigenvalue weighted by molar-refractivity contribution is -0.255. The van der Waals surface area contributed by atoms with Gasteiger partial charge in [-0.3, -0.25) is 4.90 Å². The van der Waals surface area contributed by atoms with Gasteiger partial charge in [0.1, 0.15) is 24.1 Å². The summed E-state index contributed by atoms with van der Waals surface area (Å²) in [6.07, 6.45) is 2.70. The predicted octanol–water partition coefficient (Wildman–Crippen LogP) is 3.44. The molecule has 4 N–H and O–H groups in total. The molecule has 42 heavy (non-hydrogen) atoms. The van der Waals surface area contributed by atoms with Gasteiger partial charge in [0.05, 0.1) is 36.2 Å². The first-order chi connectivity index (χ1) is 19.8. The van der Waals surface area contributed by atoms with Crippen molar-refractivity contribution in [3.05, 3.63) is 76.5 Å². The van der Waals surface area contributed by atoms with E-state index in [1.54, 1.807) is 30.5 Å². The summed E-state index contributed by atoms with van der Waals surface area (Å²) < 4.78 is 27.6. The van der Waals surface area contributed by atoms with Crippen LogP contribution in [0.25, 0.3) is 11.0 Å². The van der Waals surface area contributed by atoms with Crippen LogP contribution in [0, 0.1) is 5.82 Å². The van der Waals surface area contributed by atoms with Crippen LogP contribution in [0.1, 0.15) is 35.1 Å². The third kappa shape index (κ3) is 6.31. The molecular weight excluding hydrogens is 565 g/mol. The van der Waals surface area contributed by atoms with Crippen LogP contribution in [0.15, 0.2) is 48.7 Å². The molecule has 0 amide bonds. The Morgan fingerprint density at radius 1 is 1.19 bits per heavy atom. The predicted molar refractivity (Wildman–Crippen MR) is 154 cm³/mol. The summed E-state index contributed by atoms with van der Waals surface area (Å²) >= 11 is 5.83. The van der Waals surface area contributed by atoms with E-state index in [-0.39, 0.29) is 36.5 Å². The Balaban J connectivity index is 0.00000353. The highest BCUT2D eigenvalue weighted by Gasteiger charge is 2.28. The lowest BCUT2D eigenvalue weighted by Gasteiger charge is -2.40. The SMILES string of the molecule is C[C@@H]1CN(c2ccnc(OCc3ccc(Cl)cc3F)n2)CCN1Cc1nc2ccc(C(=O)[O-])cc2n1C[C@@H]1CCO1.[NH4+].